The van der Waals surface area contributed by atoms with E-state index in [1.54, 1.807) is 4.90 Å². The zero-order chi connectivity index (χ0) is 15.0. The number of benzene rings is 1. The molecule has 1 amide bonds. The number of halogens is 1. The Bertz CT molecular complexity index is 611. The number of carbonyl (C=O) groups excluding carboxylic acids is 2. The third kappa shape index (κ3) is 2.47. The highest BCUT2D eigenvalue weighted by Crippen LogP contribution is 2.45. The minimum Gasteiger partial charge on any atom is -0.456 e. The second-order valence-electron chi connectivity index (χ2n) is 5.31. The van der Waals surface area contributed by atoms with E-state index in [1.807, 2.05) is 37.3 Å². The molecule has 1 aromatic rings. The molecule has 110 valence electrons. The second kappa shape index (κ2) is 5.79. The van der Waals surface area contributed by atoms with Crippen LogP contribution < -0.4 is 0 Å². The third-order valence-corrected chi connectivity index (χ3v) is 5.03. The molecular weight excluding hydrogens is 381 g/mol. The predicted molar refractivity (Wildman–Crippen MR) is 86.3 cm³/mol. The lowest BCUT2D eigenvalue weighted by molar-refractivity contribution is -0.157. The number of carbonyl (C=O) groups is 2. The smallest absolute Gasteiger partial charge is 0.356 e. The van der Waals surface area contributed by atoms with Crippen molar-refractivity contribution in [3.8, 4) is 0 Å². The van der Waals surface area contributed by atoms with E-state index in [0.717, 1.165) is 22.0 Å². The summed E-state index contributed by atoms with van der Waals surface area (Å²) in [7, 11) is 0. The van der Waals surface area contributed by atoms with Gasteiger partial charge < -0.3 is 9.64 Å². The molecule has 0 radical (unpaired) electrons. The van der Waals surface area contributed by atoms with Crippen molar-refractivity contribution in [3.63, 3.8) is 0 Å². The second-order valence-corrected chi connectivity index (χ2v) is 6.61. The van der Waals surface area contributed by atoms with E-state index in [2.05, 4.69) is 22.6 Å². The van der Waals surface area contributed by atoms with E-state index in [9.17, 15) is 9.59 Å². The standard InChI is InChI=1S/C16H16INO3/c1-2-11-13-8-12(17)14(18(13)15(11)19)16(20)21-9-10-6-4-3-5-7-10/h3-7,11,13H,2,8-9H2,1H3. The number of β-lactam (4-membered cyclic amide) rings is 1. The molecule has 0 aromatic heterocycles. The fraction of sp³-hybridized carbons (Fsp3) is 0.375. The zero-order valence-corrected chi connectivity index (χ0v) is 13.9. The quantitative estimate of drug-likeness (QED) is 0.446. The molecule has 0 aliphatic carbocycles. The summed E-state index contributed by atoms with van der Waals surface area (Å²) in [6.45, 7) is 2.25. The van der Waals surface area contributed by atoms with Crippen LogP contribution in [0.4, 0.5) is 0 Å². The molecule has 0 N–H and O–H groups in total. The molecule has 1 saturated heterocycles. The molecule has 0 spiro atoms. The number of amides is 1. The van der Waals surface area contributed by atoms with Crippen LogP contribution in [0.1, 0.15) is 25.3 Å². The number of rotatable bonds is 4. The molecule has 2 unspecified atom stereocenters. The summed E-state index contributed by atoms with van der Waals surface area (Å²) in [5.41, 5.74) is 1.39. The van der Waals surface area contributed by atoms with Crippen molar-refractivity contribution in [1.29, 1.82) is 0 Å². The van der Waals surface area contributed by atoms with Crippen LogP contribution in [0.15, 0.2) is 39.6 Å². The molecule has 2 heterocycles. The van der Waals surface area contributed by atoms with E-state index < -0.39 is 5.97 Å². The highest BCUT2D eigenvalue weighted by atomic mass is 127. The van der Waals surface area contributed by atoms with Gasteiger partial charge in [-0.2, -0.15) is 0 Å². The van der Waals surface area contributed by atoms with Crippen molar-refractivity contribution in [3.05, 3.63) is 45.2 Å². The molecule has 2 aliphatic rings. The van der Waals surface area contributed by atoms with Gasteiger partial charge in [0.1, 0.15) is 12.3 Å². The van der Waals surface area contributed by atoms with Gasteiger partial charge in [0.15, 0.2) is 0 Å². The Morgan fingerprint density at radius 1 is 1.38 bits per heavy atom. The number of esters is 1. The summed E-state index contributed by atoms with van der Waals surface area (Å²) in [6, 6.07) is 9.71. The first-order valence-corrected chi connectivity index (χ1v) is 8.14. The van der Waals surface area contributed by atoms with Gasteiger partial charge in [-0.15, -0.1) is 0 Å². The number of fused-ring (bicyclic) bond motifs is 1. The lowest BCUT2D eigenvalue weighted by atomic mass is 9.85. The van der Waals surface area contributed by atoms with E-state index in [0.29, 0.717) is 5.70 Å². The number of nitrogens with zero attached hydrogens (tertiary/aromatic N) is 1. The Morgan fingerprint density at radius 2 is 2.10 bits per heavy atom. The van der Waals surface area contributed by atoms with Crippen LogP contribution in [0.25, 0.3) is 0 Å². The van der Waals surface area contributed by atoms with Crippen molar-refractivity contribution in [2.75, 3.05) is 0 Å². The Balaban J connectivity index is 1.68. The SMILES string of the molecule is CCC1C(=O)N2C(C(=O)OCc3ccccc3)=C(I)CC12. The van der Waals surface area contributed by atoms with Crippen LogP contribution in [-0.4, -0.2) is 22.8 Å². The summed E-state index contributed by atoms with van der Waals surface area (Å²) in [6.07, 6.45) is 1.61. The predicted octanol–water partition coefficient (Wildman–Crippen LogP) is 3.02. The van der Waals surface area contributed by atoms with Crippen LogP contribution in [-0.2, 0) is 20.9 Å². The van der Waals surface area contributed by atoms with Gasteiger partial charge in [-0.25, -0.2) is 4.79 Å². The van der Waals surface area contributed by atoms with Gasteiger partial charge in [0.2, 0.25) is 5.91 Å². The summed E-state index contributed by atoms with van der Waals surface area (Å²) in [5, 5.41) is 0. The van der Waals surface area contributed by atoms with Crippen LogP contribution in [0.3, 0.4) is 0 Å². The van der Waals surface area contributed by atoms with Crippen molar-refractivity contribution in [2.24, 2.45) is 5.92 Å². The Kier molecular flexibility index (Phi) is 4.01. The zero-order valence-electron chi connectivity index (χ0n) is 11.7. The highest BCUT2D eigenvalue weighted by Gasteiger charge is 2.53. The summed E-state index contributed by atoms with van der Waals surface area (Å²) in [4.78, 5) is 26.0. The first-order chi connectivity index (χ1) is 10.1. The molecule has 1 aromatic carbocycles. The van der Waals surface area contributed by atoms with Crippen molar-refractivity contribution >= 4 is 34.5 Å². The summed E-state index contributed by atoms with van der Waals surface area (Å²) in [5.74, 6) is -0.274. The average molecular weight is 397 g/mol. The third-order valence-electron chi connectivity index (χ3n) is 4.08. The van der Waals surface area contributed by atoms with Gasteiger partial charge >= 0.3 is 5.97 Å². The summed E-state index contributed by atoms with van der Waals surface area (Å²) < 4.78 is 6.29. The van der Waals surface area contributed by atoms with E-state index in [4.69, 9.17) is 4.74 Å². The summed E-state index contributed by atoms with van der Waals surface area (Å²) >= 11 is 2.16. The molecule has 2 aliphatic heterocycles. The van der Waals surface area contributed by atoms with Crippen molar-refractivity contribution in [1.82, 2.24) is 4.90 Å². The maximum absolute atomic E-state index is 12.3. The monoisotopic (exact) mass is 397 g/mol. The van der Waals surface area contributed by atoms with E-state index >= 15 is 0 Å². The average Bonchev–Trinajstić information content (AvgIpc) is 2.80. The molecule has 0 bridgehead atoms. The molecule has 3 rings (SSSR count). The first-order valence-electron chi connectivity index (χ1n) is 7.06. The number of hydrogen-bond acceptors (Lipinski definition) is 3. The molecule has 0 saturated carbocycles. The van der Waals surface area contributed by atoms with Gasteiger partial charge in [-0.3, -0.25) is 4.79 Å². The molecule has 2 atom stereocenters. The molecule has 21 heavy (non-hydrogen) atoms. The van der Waals surface area contributed by atoms with Crippen LogP contribution in [0.5, 0.6) is 0 Å². The highest BCUT2D eigenvalue weighted by molar-refractivity contribution is 14.1. The van der Waals surface area contributed by atoms with Crippen LogP contribution in [0.2, 0.25) is 0 Å². The maximum atomic E-state index is 12.3. The van der Waals surface area contributed by atoms with Gasteiger partial charge in [0.05, 0.1) is 12.0 Å². The van der Waals surface area contributed by atoms with Gasteiger partial charge in [0.25, 0.3) is 0 Å². The molecule has 4 nitrogen and oxygen atoms in total. The van der Waals surface area contributed by atoms with Crippen molar-refractivity contribution in [2.45, 2.75) is 32.4 Å². The Hall–Kier alpha value is -1.37. The normalized spacial score (nSPS) is 23.9. The minimum absolute atomic E-state index is 0.0563. The lowest BCUT2D eigenvalue weighted by Crippen LogP contribution is -2.58. The van der Waals surface area contributed by atoms with E-state index in [1.165, 1.54) is 0 Å². The Labute approximate surface area is 137 Å². The minimum atomic E-state index is -0.395. The lowest BCUT2D eigenvalue weighted by Gasteiger charge is -2.43. The van der Waals surface area contributed by atoms with Crippen LogP contribution in [0, 0.1) is 5.92 Å². The first kappa shape index (κ1) is 14.6. The topological polar surface area (TPSA) is 46.6 Å². The van der Waals surface area contributed by atoms with Crippen molar-refractivity contribution < 1.29 is 14.3 Å². The van der Waals surface area contributed by atoms with Gasteiger partial charge in [-0.1, -0.05) is 37.3 Å². The molecule has 1 fully saturated rings. The maximum Gasteiger partial charge on any atom is 0.356 e. The van der Waals surface area contributed by atoms with Gasteiger partial charge in [0, 0.05) is 10.0 Å². The number of ether oxygens (including phenoxy) is 1. The van der Waals surface area contributed by atoms with Gasteiger partial charge in [-0.05, 0) is 34.6 Å². The number of hydrogen-bond donors (Lipinski definition) is 0. The van der Waals surface area contributed by atoms with Crippen LogP contribution >= 0.6 is 22.6 Å². The molecular formula is C16H16INO3. The van der Waals surface area contributed by atoms with E-state index in [-0.39, 0.29) is 24.5 Å². The largest absolute Gasteiger partial charge is 0.456 e. The fourth-order valence-electron chi connectivity index (χ4n) is 2.97. The fourth-order valence-corrected chi connectivity index (χ4v) is 3.90. The molecule has 5 heteroatoms. The Morgan fingerprint density at radius 3 is 2.76 bits per heavy atom.